The van der Waals surface area contributed by atoms with Crippen LogP contribution in [0.1, 0.15) is 31.0 Å². The van der Waals surface area contributed by atoms with E-state index in [0.29, 0.717) is 38.2 Å². The fraction of sp³-hybridized carbons (Fsp3) is 0.458. The predicted octanol–water partition coefficient (Wildman–Crippen LogP) is 2.61. The second kappa shape index (κ2) is 8.43. The average molecular weight is 435 g/mol. The number of amides is 1. The van der Waals surface area contributed by atoms with E-state index in [2.05, 4.69) is 38.4 Å². The Morgan fingerprint density at radius 3 is 2.81 bits per heavy atom. The number of nitrogens with one attached hydrogen (secondary N) is 3. The summed E-state index contributed by atoms with van der Waals surface area (Å²) in [5.41, 5.74) is 6.41. The molecule has 0 unspecified atom stereocenters. The molecule has 1 saturated heterocycles. The van der Waals surface area contributed by atoms with Crippen LogP contribution in [0.25, 0.3) is 11.4 Å². The summed E-state index contributed by atoms with van der Waals surface area (Å²) in [4.78, 5) is 23.8. The van der Waals surface area contributed by atoms with Gasteiger partial charge in [-0.2, -0.15) is 0 Å². The number of H-pyrrole nitrogens is 1. The van der Waals surface area contributed by atoms with Crippen LogP contribution in [0, 0.1) is 12.3 Å². The van der Waals surface area contributed by atoms with E-state index in [4.69, 9.17) is 10.1 Å². The summed E-state index contributed by atoms with van der Waals surface area (Å²) in [5, 5.41) is 12.7. The molecule has 1 aromatic carbocycles. The molecule has 1 aromatic heterocycles. The van der Waals surface area contributed by atoms with Crippen LogP contribution < -0.4 is 10.2 Å². The number of hydrogen-bond donors (Lipinski definition) is 3. The van der Waals surface area contributed by atoms with Crippen LogP contribution in [-0.4, -0.2) is 65.5 Å². The molecule has 1 fully saturated rings. The molecule has 3 aliphatic heterocycles. The minimum atomic E-state index is 0.0544. The van der Waals surface area contributed by atoms with Crippen LogP contribution in [-0.2, 0) is 16.0 Å². The number of amidine groups is 1. The standard InChI is InChI=1S/C24H30N6O2/c1-15-11-26-24(27-15)18-5-6-22-17(10-18)4-3-8-30(22)23(25)20-12-29(16(2)31)9-7-21(20)28-19-13-32-14-19/h5-6,10-11,19,25,28H,3-4,7-9,12-14H2,1-2H3,(H,26,27). The summed E-state index contributed by atoms with van der Waals surface area (Å²) in [6.07, 6.45) is 4.55. The van der Waals surface area contributed by atoms with Crippen LogP contribution in [0.5, 0.6) is 0 Å². The van der Waals surface area contributed by atoms with E-state index in [0.717, 1.165) is 59.8 Å². The molecular formula is C24H30N6O2. The molecule has 0 aliphatic carbocycles. The number of anilines is 1. The van der Waals surface area contributed by atoms with Gasteiger partial charge in [-0.15, -0.1) is 0 Å². The van der Waals surface area contributed by atoms with Gasteiger partial charge in [0.05, 0.1) is 25.8 Å². The summed E-state index contributed by atoms with van der Waals surface area (Å²) in [5.74, 6) is 1.42. The van der Waals surface area contributed by atoms with Gasteiger partial charge in [0, 0.05) is 60.8 Å². The summed E-state index contributed by atoms with van der Waals surface area (Å²) in [6, 6.07) is 6.67. The lowest BCUT2D eigenvalue weighted by molar-refractivity contribution is -0.128. The summed E-state index contributed by atoms with van der Waals surface area (Å²) < 4.78 is 5.32. The molecule has 3 N–H and O–H groups in total. The quantitative estimate of drug-likeness (QED) is 0.508. The maximum Gasteiger partial charge on any atom is 0.219 e. The van der Waals surface area contributed by atoms with Crippen LogP contribution in [0.3, 0.4) is 0 Å². The van der Waals surface area contributed by atoms with E-state index < -0.39 is 0 Å². The van der Waals surface area contributed by atoms with Crippen LogP contribution in [0.2, 0.25) is 0 Å². The lowest BCUT2D eigenvalue weighted by atomic mass is 9.96. The third-order valence-corrected chi connectivity index (χ3v) is 6.54. The van der Waals surface area contributed by atoms with Crippen molar-refractivity contribution in [3.63, 3.8) is 0 Å². The zero-order valence-electron chi connectivity index (χ0n) is 18.7. The van der Waals surface area contributed by atoms with Crippen molar-refractivity contribution < 1.29 is 9.53 Å². The molecule has 8 nitrogen and oxygen atoms in total. The highest BCUT2D eigenvalue weighted by Crippen LogP contribution is 2.33. The molecular weight excluding hydrogens is 404 g/mol. The normalized spacial score (nSPS) is 18.9. The SMILES string of the molecule is CC(=O)N1CCC(NC2COC2)=C(C(=N)N2CCCc3cc(-c4ncc(C)[nH]4)ccc32)C1. The van der Waals surface area contributed by atoms with Gasteiger partial charge in [0.15, 0.2) is 0 Å². The Hall–Kier alpha value is -3.13. The van der Waals surface area contributed by atoms with E-state index in [1.807, 2.05) is 18.0 Å². The van der Waals surface area contributed by atoms with E-state index in [-0.39, 0.29) is 5.91 Å². The van der Waals surface area contributed by atoms with Gasteiger partial charge < -0.3 is 24.8 Å². The first-order valence-corrected chi connectivity index (χ1v) is 11.3. The number of aromatic amines is 1. The van der Waals surface area contributed by atoms with Crippen molar-refractivity contribution in [2.45, 2.75) is 39.2 Å². The maximum absolute atomic E-state index is 12.1. The van der Waals surface area contributed by atoms with E-state index in [9.17, 15) is 4.79 Å². The van der Waals surface area contributed by atoms with Gasteiger partial charge in [-0.1, -0.05) is 0 Å². The number of aromatic nitrogens is 2. The number of imidazole rings is 1. The first-order valence-electron chi connectivity index (χ1n) is 11.3. The highest BCUT2D eigenvalue weighted by Gasteiger charge is 2.31. The van der Waals surface area contributed by atoms with Crippen molar-refractivity contribution in [1.29, 1.82) is 5.41 Å². The van der Waals surface area contributed by atoms with Gasteiger partial charge in [0.25, 0.3) is 0 Å². The number of hydrogen-bond acceptors (Lipinski definition) is 5. The van der Waals surface area contributed by atoms with Crippen molar-refractivity contribution in [3.05, 3.63) is 46.9 Å². The Balaban J connectivity index is 1.45. The van der Waals surface area contributed by atoms with Gasteiger partial charge in [0.2, 0.25) is 5.91 Å². The number of carbonyl (C=O) groups is 1. The first-order chi connectivity index (χ1) is 15.5. The number of benzene rings is 1. The fourth-order valence-corrected chi connectivity index (χ4v) is 4.67. The first kappa shape index (κ1) is 20.8. The average Bonchev–Trinajstić information content (AvgIpc) is 3.21. The molecule has 8 heteroatoms. The lowest BCUT2D eigenvalue weighted by Gasteiger charge is -2.38. The molecule has 0 atom stereocenters. The second-order valence-corrected chi connectivity index (χ2v) is 8.89. The van der Waals surface area contributed by atoms with Crippen LogP contribution in [0.4, 0.5) is 5.69 Å². The molecule has 4 heterocycles. The Kier molecular flexibility index (Phi) is 5.46. The molecule has 5 rings (SSSR count). The zero-order chi connectivity index (χ0) is 22.2. The van der Waals surface area contributed by atoms with E-state index >= 15 is 0 Å². The number of ether oxygens (including phenoxy) is 1. The zero-order valence-corrected chi connectivity index (χ0v) is 18.7. The number of aryl methyl sites for hydroxylation is 2. The van der Waals surface area contributed by atoms with Gasteiger partial charge in [-0.05, 0) is 43.5 Å². The maximum atomic E-state index is 12.1. The van der Waals surface area contributed by atoms with Gasteiger partial charge in [0.1, 0.15) is 11.7 Å². The minimum absolute atomic E-state index is 0.0544. The Labute approximate surface area is 188 Å². The van der Waals surface area contributed by atoms with Crippen molar-refractivity contribution in [1.82, 2.24) is 20.2 Å². The highest BCUT2D eigenvalue weighted by molar-refractivity contribution is 6.09. The minimum Gasteiger partial charge on any atom is -0.381 e. The van der Waals surface area contributed by atoms with Crippen LogP contribution in [0.15, 0.2) is 35.7 Å². The van der Waals surface area contributed by atoms with Gasteiger partial charge >= 0.3 is 0 Å². The fourth-order valence-electron chi connectivity index (χ4n) is 4.67. The Bertz CT molecular complexity index is 1080. The summed E-state index contributed by atoms with van der Waals surface area (Å²) >= 11 is 0. The van der Waals surface area contributed by atoms with Crippen molar-refractivity contribution >= 4 is 17.4 Å². The van der Waals surface area contributed by atoms with Crippen molar-refractivity contribution in [3.8, 4) is 11.4 Å². The summed E-state index contributed by atoms with van der Waals surface area (Å²) in [7, 11) is 0. The number of carbonyl (C=O) groups excluding carboxylic acids is 1. The molecule has 32 heavy (non-hydrogen) atoms. The number of nitrogens with zero attached hydrogens (tertiary/aromatic N) is 3. The van der Waals surface area contributed by atoms with E-state index in [1.165, 1.54) is 5.56 Å². The molecule has 1 amide bonds. The number of rotatable bonds is 4. The van der Waals surface area contributed by atoms with Crippen molar-refractivity contribution in [2.24, 2.45) is 0 Å². The van der Waals surface area contributed by atoms with E-state index in [1.54, 1.807) is 6.92 Å². The Morgan fingerprint density at radius 2 is 2.12 bits per heavy atom. The number of fused-ring (bicyclic) bond motifs is 1. The van der Waals surface area contributed by atoms with Gasteiger partial charge in [-0.3, -0.25) is 10.2 Å². The molecule has 2 aromatic rings. The third kappa shape index (κ3) is 3.90. The van der Waals surface area contributed by atoms with Crippen LogP contribution >= 0.6 is 0 Å². The highest BCUT2D eigenvalue weighted by atomic mass is 16.5. The molecule has 168 valence electrons. The molecule has 0 spiro atoms. The largest absolute Gasteiger partial charge is 0.381 e. The summed E-state index contributed by atoms with van der Waals surface area (Å²) in [6.45, 7) is 6.96. The topological polar surface area (TPSA) is 97.3 Å². The molecule has 0 bridgehead atoms. The molecule has 0 saturated carbocycles. The smallest absolute Gasteiger partial charge is 0.219 e. The Morgan fingerprint density at radius 1 is 1.28 bits per heavy atom. The molecule has 0 radical (unpaired) electrons. The third-order valence-electron chi connectivity index (χ3n) is 6.54. The predicted molar refractivity (Wildman–Crippen MR) is 124 cm³/mol. The van der Waals surface area contributed by atoms with Crippen molar-refractivity contribution in [2.75, 3.05) is 37.7 Å². The lowest BCUT2D eigenvalue weighted by Crippen LogP contribution is -2.50. The second-order valence-electron chi connectivity index (χ2n) is 8.89. The van der Waals surface area contributed by atoms with Gasteiger partial charge in [-0.25, -0.2) is 4.98 Å². The monoisotopic (exact) mass is 434 g/mol. The molecule has 3 aliphatic rings.